The largest absolute Gasteiger partial charge is 0.327 e. The lowest BCUT2D eigenvalue weighted by Gasteiger charge is -2.25. The van der Waals surface area contributed by atoms with Gasteiger partial charge in [0.05, 0.1) is 0 Å². The zero-order valence-corrected chi connectivity index (χ0v) is 22.0. The van der Waals surface area contributed by atoms with E-state index in [4.69, 9.17) is 5.73 Å². The summed E-state index contributed by atoms with van der Waals surface area (Å²) in [6, 6.07) is 21.8. The molecule has 2 N–H and O–H groups in total. The SMILES string of the molecule is CCCCCCCCCCCCCCCCCC(N)C(c1ccccc1)c1ccccc1.Cl. The van der Waals surface area contributed by atoms with Crippen LogP contribution < -0.4 is 5.73 Å². The minimum Gasteiger partial charge on any atom is -0.327 e. The monoisotopic (exact) mass is 471 g/mol. The van der Waals surface area contributed by atoms with Gasteiger partial charge in [-0.15, -0.1) is 12.4 Å². The molecule has 0 heterocycles. The first-order chi connectivity index (χ1) is 15.8. The van der Waals surface area contributed by atoms with E-state index >= 15 is 0 Å². The van der Waals surface area contributed by atoms with Crippen molar-refractivity contribution in [2.45, 2.75) is 122 Å². The van der Waals surface area contributed by atoms with Crippen LogP contribution in [0.5, 0.6) is 0 Å². The highest BCUT2D eigenvalue weighted by atomic mass is 35.5. The molecule has 1 atom stereocenters. The Bertz CT molecular complexity index is 618. The topological polar surface area (TPSA) is 26.0 Å². The molecule has 1 nitrogen and oxygen atoms in total. The van der Waals surface area contributed by atoms with Gasteiger partial charge in [-0.25, -0.2) is 0 Å². The number of benzene rings is 2. The third-order valence-corrected chi connectivity index (χ3v) is 6.89. The maximum atomic E-state index is 6.74. The summed E-state index contributed by atoms with van der Waals surface area (Å²) in [6.07, 6.45) is 22.2. The summed E-state index contributed by atoms with van der Waals surface area (Å²) in [5.41, 5.74) is 9.42. The van der Waals surface area contributed by atoms with Gasteiger partial charge in [-0.05, 0) is 17.5 Å². The van der Waals surface area contributed by atoms with E-state index in [1.165, 1.54) is 107 Å². The fourth-order valence-electron chi connectivity index (χ4n) is 4.93. The van der Waals surface area contributed by atoms with Gasteiger partial charge in [0.1, 0.15) is 0 Å². The average Bonchev–Trinajstić information content (AvgIpc) is 2.83. The first-order valence-corrected chi connectivity index (χ1v) is 13.7. The first kappa shape index (κ1) is 29.7. The second-order valence-electron chi connectivity index (χ2n) is 9.70. The van der Waals surface area contributed by atoms with Crippen LogP contribution >= 0.6 is 12.4 Å². The number of halogens is 1. The van der Waals surface area contributed by atoms with Gasteiger partial charge in [0.25, 0.3) is 0 Å². The molecule has 0 aliphatic carbocycles. The average molecular weight is 472 g/mol. The second-order valence-corrected chi connectivity index (χ2v) is 9.70. The Morgan fingerprint density at radius 3 is 1.21 bits per heavy atom. The van der Waals surface area contributed by atoms with E-state index in [1.54, 1.807) is 0 Å². The lowest BCUT2D eigenvalue weighted by Crippen LogP contribution is -2.29. The molecule has 186 valence electrons. The van der Waals surface area contributed by atoms with Crippen molar-refractivity contribution in [3.8, 4) is 0 Å². The van der Waals surface area contributed by atoms with Crippen molar-refractivity contribution >= 4 is 12.4 Å². The molecule has 1 unspecified atom stereocenters. The third-order valence-electron chi connectivity index (χ3n) is 6.89. The molecule has 0 radical (unpaired) electrons. The molecule has 0 amide bonds. The summed E-state index contributed by atoms with van der Waals surface area (Å²) in [5.74, 6) is 0.295. The van der Waals surface area contributed by atoms with Crippen LogP contribution in [0.2, 0.25) is 0 Å². The van der Waals surface area contributed by atoms with Crippen molar-refractivity contribution in [1.82, 2.24) is 0 Å². The lowest BCUT2D eigenvalue weighted by atomic mass is 9.83. The van der Waals surface area contributed by atoms with E-state index in [2.05, 4.69) is 67.6 Å². The molecule has 0 saturated heterocycles. The Hall–Kier alpha value is -1.31. The van der Waals surface area contributed by atoms with Crippen molar-refractivity contribution in [3.05, 3.63) is 71.8 Å². The maximum absolute atomic E-state index is 6.74. The van der Waals surface area contributed by atoms with Gasteiger partial charge in [-0.3, -0.25) is 0 Å². The second kappa shape index (κ2) is 20.1. The van der Waals surface area contributed by atoms with Crippen molar-refractivity contribution in [2.24, 2.45) is 5.73 Å². The molecular weight excluding hydrogens is 422 g/mol. The van der Waals surface area contributed by atoms with E-state index in [1.807, 2.05) is 0 Å². The summed E-state index contributed by atoms with van der Waals surface area (Å²) in [6.45, 7) is 2.29. The van der Waals surface area contributed by atoms with Crippen LogP contribution in [0.25, 0.3) is 0 Å². The van der Waals surface area contributed by atoms with Crippen LogP contribution in [0.4, 0.5) is 0 Å². The standard InChI is InChI=1S/C31H49N.ClH/c1-2-3-4-5-6-7-8-9-10-11-12-13-14-15-22-27-30(32)31(28-23-18-16-19-24-28)29-25-20-17-21-26-29;/h16-21,23-26,30-31H,2-15,22,27,32H2,1H3;1H. The van der Waals surface area contributed by atoms with Crippen LogP contribution in [0, 0.1) is 0 Å². The fourth-order valence-corrected chi connectivity index (χ4v) is 4.93. The van der Waals surface area contributed by atoms with Crippen LogP contribution in [-0.2, 0) is 0 Å². The zero-order valence-electron chi connectivity index (χ0n) is 21.2. The Balaban J connectivity index is 0.00000544. The number of hydrogen-bond donors (Lipinski definition) is 1. The minimum atomic E-state index is 0. The normalized spacial score (nSPS) is 12.0. The summed E-state index contributed by atoms with van der Waals surface area (Å²) < 4.78 is 0. The van der Waals surface area contributed by atoms with Crippen LogP contribution in [0.1, 0.15) is 127 Å². The van der Waals surface area contributed by atoms with E-state index in [-0.39, 0.29) is 18.4 Å². The first-order valence-electron chi connectivity index (χ1n) is 13.7. The van der Waals surface area contributed by atoms with Crippen molar-refractivity contribution in [2.75, 3.05) is 0 Å². The fraction of sp³-hybridized carbons (Fsp3) is 0.613. The number of rotatable bonds is 19. The summed E-state index contributed by atoms with van der Waals surface area (Å²) in [5, 5.41) is 0. The summed E-state index contributed by atoms with van der Waals surface area (Å²) >= 11 is 0. The van der Waals surface area contributed by atoms with Crippen LogP contribution in [-0.4, -0.2) is 6.04 Å². The predicted molar refractivity (Wildman–Crippen MR) is 149 cm³/mol. The number of unbranched alkanes of at least 4 members (excludes halogenated alkanes) is 14. The molecule has 0 fully saturated rings. The van der Waals surface area contributed by atoms with Gasteiger partial charge >= 0.3 is 0 Å². The lowest BCUT2D eigenvalue weighted by molar-refractivity contribution is 0.494. The Labute approximate surface area is 211 Å². The predicted octanol–water partition coefficient (Wildman–Crippen LogP) is 9.83. The minimum absolute atomic E-state index is 0. The molecular formula is C31H50ClN. The van der Waals surface area contributed by atoms with Gasteiger partial charge in [0, 0.05) is 12.0 Å². The Morgan fingerprint density at radius 2 is 0.848 bits per heavy atom. The third kappa shape index (κ3) is 13.2. The van der Waals surface area contributed by atoms with Gasteiger partial charge in [0.15, 0.2) is 0 Å². The summed E-state index contributed by atoms with van der Waals surface area (Å²) in [7, 11) is 0. The van der Waals surface area contributed by atoms with E-state index < -0.39 is 0 Å². The van der Waals surface area contributed by atoms with Crippen molar-refractivity contribution in [3.63, 3.8) is 0 Å². The Morgan fingerprint density at radius 1 is 0.515 bits per heavy atom. The maximum Gasteiger partial charge on any atom is 0.0241 e. The smallest absolute Gasteiger partial charge is 0.0241 e. The number of nitrogens with two attached hydrogens (primary N) is 1. The molecule has 0 aliphatic heterocycles. The molecule has 0 aromatic heterocycles. The van der Waals surface area contributed by atoms with Crippen LogP contribution in [0.15, 0.2) is 60.7 Å². The molecule has 2 rings (SSSR count). The molecule has 0 spiro atoms. The van der Waals surface area contributed by atoms with Crippen molar-refractivity contribution in [1.29, 1.82) is 0 Å². The van der Waals surface area contributed by atoms with E-state index in [9.17, 15) is 0 Å². The quantitative estimate of drug-likeness (QED) is 0.202. The molecule has 33 heavy (non-hydrogen) atoms. The molecule has 0 bridgehead atoms. The Kier molecular flexibility index (Phi) is 18.1. The van der Waals surface area contributed by atoms with Crippen molar-refractivity contribution < 1.29 is 0 Å². The van der Waals surface area contributed by atoms with Gasteiger partial charge in [-0.1, -0.05) is 164 Å². The molecule has 0 saturated carbocycles. The van der Waals surface area contributed by atoms with Gasteiger partial charge in [-0.2, -0.15) is 0 Å². The highest BCUT2D eigenvalue weighted by molar-refractivity contribution is 5.85. The van der Waals surface area contributed by atoms with Gasteiger partial charge in [0.2, 0.25) is 0 Å². The van der Waals surface area contributed by atoms with Gasteiger partial charge < -0.3 is 5.73 Å². The molecule has 2 aromatic rings. The number of hydrogen-bond acceptors (Lipinski definition) is 1. The molecule has 0 aliphatic rings. The highest BCUT2D eigenvalue weighted by Gasteiger charge is 2.21. The highest BCUT2D eigenvalue weighted by Crippen LogP contribution is 2.29. The summed E-state index contributed by atoms with van der Waals surface area (Å²) in [4.78, 5) is 0. The van der Waals surface area contributed by atoms with Crippen LogP contribution in [0.3, 0.4) is 0 Å². The van der Waals surface area contributed by atoms with E-state index in [0.29, 0.717) is 5.92 Å². The molecule has 2 aromatic carbocycles. The molecule has 2 heteroatoms. The zero-order chi connectivity index (χ0) is 22.7. The van der Waals surface area contributed by atoms with E-state index in [0.717, 1.165) is 6.42 Å².